The Labute approximate surface area is 106 Å². The van der Waals surface area contributed by atoms with Crippen molar-refractivity contribution in [2.24, 2.45) is 0 Å². The molecule has 0 atom stereocenters. The predicted octanol–water partition coefficient (Wildman–Crippen LogP) is 3.89. The Morgan fingerprint density at radius 1 is 1.38 bits per heavy atom. The van der Waals surface area contributed by atoms with Crippen LogP contribution in [0.3, 0.4) is 0 Å². The SMILES string of the molecule is CCCCCN(C)c1ccc(Br)cc1C=O. The second kappa shape index (κ2) is 6.69. The highest BCUT2D eigenvalue weighted by Crippen LogP contribution is 2.22. The summed E-state index contributed by atoms with van der Waals surface area (Å²) in [6.07, 6.45) is 4.53. The van der Waals surface area contributed by atoms with E-state index in [9.17, 15) is 4.79 Å². The summed E-state index contributed by atoms with van der Waals surface area (Å²) in [5.41, 5.74) is 1.75. The van der Waals surface area contributed by atoms with Crippen molar-refractivity contribution in [3.8, 4) is 0 Å². The van der Waals surface area contributed by atoms with Crippen molar-refractivity contribution in [2.45, 2.75) is 26.2 Å². The number of aldehydes is 1. The van der Waals surface area contributed by atoms with Gasteiger partial charge in [-0.15, -0.1) is 0 Å². The van der Waals surface area contributed by atoms with E-state index in [4.69, 9.17) is 0 Å². The molecular weight excluding hydrogens is 266 g/mol. The summed E-state index contributed by atoms with van der Waals surface area (Å²) < 4.78 is 0.945. The lowest BCUT2D eigenvalue weighted by Gasteiger charge is -2.20. The van der Waals surface area contributed by atoms with Crippen molar-refractivity contribution in [1.82, 2.24) is 0 Å². The van der Waals surface area contributed by atoms with E-state index in [0.29, 0.717) is 0 Å². The molecule has 0 amide bonds. The Morgan fingerprint density at radius 2 is 2.12 bits per heavy atom. The Hall–Kier alpha value is -0.830. The van der Waals surface area contributed by atoms with Gasteiger partial charge in [0.1, 0.15) is 0 Å². The van der Waals surface area contributed by atoms with Crippen LogP contribution in [-0.2, 0) is 0 Å². The average Bonchev–Trinajstić information content (AvgIpc) is 2.29. The number of benzene rings is 1. The molecule has 2 nitrogen and oxygen atoms in total. The monoisotopic (exact) mass is 283 g/mol. The zero-order chi connectivity index (χ0) is 12.0. The van der Waals surface area contributed by atoms with Crippen LogP contribution < -0.4 is 4.90 Å². The molecule has 16 heavy (non-hydrogen) atoms. The molecule has 1 rings (SSSR count). The molecule has 0 saturated heterocycles. The number of unbranched alkanes of at least 4 members (excludes halogenated alkanes) is 2. The Kier molecular flexibility index (Phi) is 5.53. The van der Waals surface area contributed by atoms with Crippen LogP contribution in [0.15, 0.2) is 22.7 Å². The second-order valence-corrected chi connectivity index (χ2v) is 4.87. The first-order chi connectivity index (χ1) is 7.69. The Morgan fingerprint density at radius 3 is 2.75 bits per heavy atom. The van der Waals surface area contributed by atoms with Gasteiger partial charge in [0.2, 0.25) is 0 Å². The fourth-order valence-corrected chi connectivity index (χ4v) is 2.07. The van der Waals surface area contributed by atoms with Crippen LogP contribution >= 0.6 is 15.9 Å². The molecule has 3 heteroatoms. The van der Waals surface area contributed by atoms with Gasteiger partial charge >= 0.3 is 0 Å². The van der Waals surface area contributed by atoms with E-state index < -0.39 is 0 Å². The van der Waals surface area contributed by atoms with Crippen molar-refractivity contribution in [3.63, 3.8) is 0 Å². The molecular formula is C13H18BrNO. The van der Waals surface area contributed by atoms with Crippen LogP contribution in [0.2, 0.25) is 0 Å². The zero-order valence-corrected chi connectivity index (χ0v) is 11.5. The van der Waals surface area contributed by atoms with Crippen molar-refractivity contribution in [2.75, 3.05) is 18.5 Å². The smallest absolute Gasteiger partial charge is 0.152 e. The third kappa shape index (κ3) is 3.63. The normalized spacial score (nSPS) is 10.2. The fourth-order valence-electron chi connectivity index (χ4n) is 1.69. The maximum atomic E-state index is 11.0. The molecule has 0 aliphatic rings. The first-order valence-corrected chi connectivity index (χ1v) is 6.44. The van der Waals surface area contributed by atoms with Crippen LogP contribution in [-0.4, -0.2) is 19.9 Å². The first kappa shape index (κ1) is 13.2. The van der Waals surface area contributed by atoms with Crippen LogP contribution in [0.5, 0.6) is 0 Å². The number of rotatable bonds is 6. The van der Waals surface area contributed by atoms with E-state index in [1.165, 1.54) is 19.3 Å². The minimum absolute atomic E-state index is 0.744. The van der Waals surface area contributed by atoms with Crippen LogP contribution in [0.1, 0.15) is 36.5 Å². The maximum absolute atomic E-state index is 11.0. The predicted molar refractivity (Wildman–Crippen MR) is 72.3 cm³/mol. The van der Waals surface area contributed by atoms with E-state index in [1.807, 2.05) is 25.2 Å². The van der Waals surface area contributed by atoms with Gasteiger partial charge in [-0.2, -0.15) is 0 Å². The fraction of sp³-hybridized carbons (Fsp3) is 0.462. The molecule has 0 saturated carbocycles. The number of halogens is 1. The highest BCUT2D eigenvalue weighted by molar-refractivity contribution is 9.10. The molecule has 0 fully saturated rings. The molecule has 0 heterocycles. The molecule has 1 aromatic carbocycles. The van der Waals surface area contributed by atoms with Gasteiger partial charge in [-0.05, 0) is 24.6 Å². The van der Waals surface area contributed by atoms with Crippen LogP contribution in [0.25, 0.3) is 0 Å². The number of carbonyl (C=O) groups excluding carboxylic acids is 1. The van der Waals surface area contributed by atoms with Crippen molar-refractivity contribution < 1.29 is 4.79 Å². The summed E-state index contributed by atoms with van der Waals surface area (Å²) in [7, 11) is 2.03. The van der Waals surface area contributed by atoms with E-state index in [2.05, 4.69) is 27.8 Å². The lowest BCUT2D eigenvalue weighted by atomic mass is 10.1. The maximum Gasteiger partial charge on any atom is 0.152 e. The van der Waals surface area contributed by atoms with Crippen molar-refractivity contribution in [3.05, 3.63) is 28.2 Å². The zero-order valence-electron chi connectivity index (χ0n) is 9.87. The number of carbonyl (C=O) groups is 1. The van der Waals surface area contributed by atoms with Crippen molar-refractivity contribution >= 4 is 27.9 Å². The van der Waals surface area contributed by atoms with Gasteiger partial charge in [-0.3, -0.25) is 4.79 Å². The molecule has 0 unspecified atom stereocenters. The number of hydrogen-bond acceptors (Lipinski definition) is 2. The summed E-state index contributed by atoms with van der Waals surface area (Å²) >= 11 is 3.37. The molecule has 0 bridgehead atoms. The molecule has 0 N–H and O–H groups in total. The lowest BCUT2D eigenvalue weighted by molar-refractivity contribution is 0.112. The molecule has 0 spiro atoms. The summed E-state index contributed by atoms with van der Waals surface area (Å²) in [4.78, 5) is 13.1. The minimum atomic E-state index is 0.744. The van der Waals surface area contributed by atoms with E-state index in [-0.39, 0.29) is 0 Å². The molecule has 0 aliphatic carbocycles. The average molecular weight is 284 g/mol. The van der Waals surface area contributed by atoms with Gasteiger partial charge in [-0.25, -0.2) is 0 Å². The summed E-state index contributed by atoms with van der Waals surface area (Å²) in [5.74, 6) is 0. The topological polar surface area (TPSA) is 20.3 Å². The second-order valence-electron chi connectivity index (χ2n) is 3.95. The van der Waals surface area contributed by atoms with Gasteiger partial charge in [0.25, 0.3) is 0 Å². The van der Waals surface area contributed by atoms with E-state index in [1.54, 1.807) is 0 Å². The standard InChI is InChI=1S/C13H18BrNO/c1-3-4-5-8-15(2)13-7-6-12(14)9-11(13)10-16/h6-7,9-10H,3-5,8H2,1-2H3. The largest absolute Gasteiger partial charge is 0.374 e. The first-order valence-electron chi connectivity index (χ1n) is 5.65. The molecule has 0 radical (unpaired) electrons. The van der Waals surface area contributed by atoms with Gasteiger partial charge in [0.05, 0.1) is 0 Å². The summed E-state index contributed by atoms with van der Waals surface area (Å²) in [6, 6.07) is 5.82. The molecule has 0 aliphatic heterocycles. The molecule has 88 valence electrons. The number of anilines is 1. The summed E-state index contributed by atoms with van der Waals surface area (Å²) in [6.45, 7) is 3.19. The number of hydrogen-bond donors (Lipinski definition) is 0. The van der Waals surface area contributed by atoms with Gasteiger partial charge in [0, 0.05) is 29.3 Å². The van der Waals surface area contributed by atoms with E-state index >= 15 is 0 Å². The Bertz CT molecular complexity index is 352. The highest BCUT2D eigenvalue weighted by atomic mass is 79.9. The molecule has 1 aromatic rings. The van der Waals surface area contributed by atoms with Crippen molar-refractivity contribution in [1.29, 1.82) is 0 Å². The number of nitrogens with zero attached hydrogens (tertiary/aromatic N) is 1. The van der Waals surface area contributed by atoms with E-state index in [0.717, 1.165) is 28.6 Å². The third-order valence-electron chi connectivity index (χ3n) is 2.62. The minimum Gasteiger partial charge on any atom is -0.374 e. The van der Waals surface area contributed by atoms with Gasteiger partial charge in [-0.1, -0.05) is 35.7 Å². The Balaban J connectivity index is 2.74. The molecule has 0 aromatic heterocycles. The van der Waals surface area contributed by atoms with Crippen LogP contribution in [0.4, 0.5) is 5.69 Å². The third-order valence-corrected chi connectivity index (χ3v) is 3.12. The van der Waals surface area contributed by atoms with Crippen LogP contribution in [0, 0.1) is 0 Å². The van der Waals surface area contributed by atoms with Gasteiger partial charge < -0.3 is 4.90 Å². The quantitative estimate of drug-likeness (QED) is 0.583. The highest BCUT2D eigenvalue weighted by Gasteiger charge is 2.06. The lowest BCUT2D eigenvalue weighted by Crippen LogP contribution is -2.19. The van der Waals surface area contributed by atoms with Gasteiger partial charge in [0.15, 0.2) is 6.29 Å². The summed E-state index contributed by atoms with van der Waals surface area (Å²) in [5, 5.41) is 0.